The summed E-state index contributed by atoms with van der Waals surface area (Å²) in [6.07, 6.45) is 1.18. The molecule has 0 radical (unpaired) electrons. The first-order chi connectivity index (χ1) is 13.7. The molecule has 156 valence electrons. The van der Waals surface area contributed by atoms with Crippen LogP contribution in [0.3, 0.4) is 0 Å². The van der Waals surface area contributed by atoms with Gasteiger partial charge >= 0.3 is 11.8 Å². The van der Waals surface area contributed by atoms with Crippen molar-refractivity contribution in [3.63, 3.8) is 0 Å². The molecule has 1 amide bonds. The summed E-state index contributed by atoms with van der Waals surface area (Å²) in [5.74, 6) is -0.465. The molecule has 1 atom stereocenters. The molecule has 0 saturated heterocycles. The molecule has 2 aromatic rings. The Morgan fingerprint density at radius 2 is 1.90 bits per heavy atom. The number of esters is 1. The highest BCUT2D eigenvalue weighted by molar-refractivity contribution is 5.78. The molecule has 1 aromatic heterocycles. The molecule has 2 rings (SSSR count). The first-order valence-corrected chi connectivity index (χ1v) is 9.39. The van der Waals surface area contributed by atoms with Crippen LogP contribution < -0.4 is 5.32 Å². The standard InChI is InChI=1S/C20H26N4O5/c1-13(2)29-20(26)11-17(16-7-5-14(3)6-8-16)22-19(25)9-10-23-12-18(24(27)28)21-15(23)4/h5-8,12-13,17H,9-11H2,1-4H3,(H,22,25). The van der Waals surface area contributed by atoms with Crippen LogP contribution in [0.15, 0.2) is 30.5 Å². The highest BCUT2D eigenvalue weighted by Crippen LogP contribution is 2.19. The van der Waals surface area contributed by atoms with Crippen molar-refractivity contribution in [2.45, 2.75) is 59.2 Å². The van der Waals surface area contributed by atoms with Crippen LogP contribution in [0.4, 0.5) is 5.82 Å². The van der Waals surface area contributed by atoms with E-state index < -0.39 is 16.9 Å². The zero-order valence-corrected chi connectivity index (χ0v) is 17.0. The van der Waals surface area contributed by atoms with E-state index in [9.17, 15) is 19.7 Å². The third-order valence-corrected chi connectivity index (χ3v) is 4.28. The molecule has 1 heterocycles. The molecule has 0 aliphatic carbocycles. The Bertz CT molecular complexity index is 873. The largest absolute Gasteiger partial charge is 0.463 e. The Morgan fingerprint density at radius 1 is 1.24 bits per heavy atom. The second-order valence-corrected chi connectivity index (χ2v) is 7.12. The Morgan fingerprint density at radius 3 is 2.45 bits per heavy atom. The van der Waals surface area contributed by atoms with Crippen LogP contribution in [0.25, 0.3) is 0 Å². The predicted octanol–water partition coefficient (Wildman–Crippen LogP) is 3.00. The Kier molecular flexibility index (Phi) is 7.46. The van der Waals surface area contributed by atoms with Crippen LogP contribution in [0, 0.1) is 24.0 Å². The van der Waals surface area contributed by atoms with Gasteiger partial charge < -0.3 is 24.7 Å². The molecular formula is C20H26N4O5. The summed E-state index contributed by atoms with van der Waals surface area (Å²) in [6, 6.07) is 7.04. The normalized spacial score (nSPS) is 11.9. The minimum Gasteiger partial charge on any atom is -0.463 e. The van der Waals surface area contributed by atoms with E-state index in [0.717, 1.165) is 11.1 Å². The van der Waals surface area contributed by atoms with Gasteiger partial charge in [-0.25, -0.2) is 0 Å². The van der Waals surface area contributed by atoms with Crippen molar-refractivity contribution in [2.24, 2.45) is 0 Å². The lowest BCUT2D eigenvalue weighted by atomic mass is 10.0. The Balaban J connectivity index is 2.05. The molecule has 1 N–H and O–H groups in total. The number of rotatable bonds is 9. The van der Waals surface area contributed by atoms with Crippen LogP contribution in [0.5, 0.6) is 0 Å². The number of nitrogens with zero attached hydrogens (tertiary/aromatic N) is 3. The van der Waals surface area contributed by atoms with E-state index in [2.05, 4.69) is 10.3 Å². The quantitative estimate of drug-likeness (QED) is 0.391. The highest BCUT2D eigenvalue weighted by atomic mass is 16.6. The minimum absolute atomic E-state index is 0.0164. The fourth-order valence-corrected chi connectivity index (χ4v) is 2.82. The van der Waals surface area contributed by atoms with Gasteiger partial charge in [-0.05, 0) is 36.2 Å². The first-order valence-electron chi connectivity index (χ1n) is 9.39. The molecule has 0 aliphatic rings. The molecule has 0 aliphatic heterocycles. The van der Waals surface area contributed by atoms with Crippen molar-refractivity contribution in [2.75, 3.05) is 0 Å². The highest BCUT2D eigenvalue weighted by Gasteiger charge is 2.21. The van der Waals surface area contributed by atoms with Crippen LogP contribution in [0.2, 0.25) is 0 Å². The van der Waals surface area contributed by atoms with E-state index in [0.29, 0.717) is 5.82 Å². The Labute approximate surface area is 169 Å². The van der Waals surface area contributed by atoms with Gasteiger partial charge in [-0.1, -0.05) is 29.8 Å². The number of aryl methyl sites for hydroxylation is 3. The molecule has 1 aromatic carbocycles. The number of hydrogen-bond donors (Lipinski definition) is 1. The number of amides is 1. The summed E-state index contributed by atoms with van der Waals surface area (Å²) < 4.78 is 6.77. The van der Waals surface area contributed by atoms with Gasteiger partial charge in [0.05, 0.1) is 18.6 Å². The summed E-state index contributed by atoms with van der Waals surface area (Å²) in [5, 5.41) is 13.7. The number of carbonyl (C=O) groups is 2. The molecule has 9 nitrogen and oxygen atoms in total. The van der Waals surface area contributed by atoms with Gasteiger partial charge in [0.25, 0.3) is 0 Å². The number of nitrogens with one attached hydrogen (secondary N) is 1. The van der Waals surface area contributed by atoms with Gasteiger partial charge in [0.2, 0.25) is 11.7 Å². The number of ether oxygens (including phenoxy) is 1. The number of nitro groups is 1. The summed E-state index contributed by atoms with van der Waals surface area (Å²) in [4.78, 5) is 38.7. The van der Waals surface area contributed by atoms with E-state index in [1.54, 1.807) is 25.3 Å². The van der Waals surface area contributed by atoms with Crippen molar-refractivity contribution in [3.8, 4) is 0 Å². The Hall–Kier alpha value is -3.23. The molecule has 0 saturated carbocycles. The number of benzene rings is 1. The van der Waals surface area contributed by atoms with Crippen LogP contribution in [-0.4, -0.2) is 32.5 Å². The van der Waals surface area contributed by atoms with Crippen molar-refractivity contribution in [1.29, 1.82) is 0 Å². The fraction of sp³-hybridized carbons (Fsp3) is 0.450. The summed E-state index contributed by atoms with van der Waals surface area (Å²) >= 11 is 0. The summed E-state index contributed by atoms with van der Waals surface area (Å²) in [5.41, 5.74) is 1.87. The molecule has 29 heavy (non-hydrogen) atoms. The SMILES string of the molecule is Cc1ccc(C(CC(=O)OC(C)C)NC(=O)CCn2cc([N+](=O)[O-])nc2C)cc1. The van der Waals surface area contributed by atoms with E-state index in [1.807, 2.05) is 31.2 Å². The molecule has 0 fully saturated rings. The van der Waals surface area contributed by atoms with Crippen LogP contribution in [0.1, 0.15) is 49.7 Å². The smallest absolute Gasteiger partial charge is 0.381 e. The molecular weight excluding hydrogens is 376 g/mol. The average molecular weight is 402 g/mol. The predicted molar refractivity (Wildman–Crippen MR) is 106 cm³/mol. The fourth-order valence-electron chi connectivity index (χ4n) is 2.82. The lowest BCUT2D eigenvalue weighted by Crippen LogP contribution is -2.31. The first kappa shape index (κ1) is 22.1. The topological polar surface area (TPSA) is 116 Å². The van der Waals surface area contributed by atoms with Crippen molar-refractivity contribution in [1.82, 2.24) is 14.9 Å². The molecule has 0 spiro atoms. The molecule has 0 bridgehead atoms. The lowest BCUT2D eigenvalue weighted by Gasteiger charge is -2.20. The zero-order chi connectivity index (χ0) is 21.6. The summed E-state index contributed by atoms with van der Waals surface area (Å²) in [7, 11) is 0. The maximum atomic E-state index is 12.5. The third kappa shape index (κ3) is 6.70. The van der Waals surface area contributed by atoms with Gasteiger partial charge in [-0.3, -0.25) is 9.59 Å². The average Bonchev–Trinajstić information content (AvgIpc) is 3.00. The number of carbonyl (C=O) groups excluding carboxylic acids is 2. The maximum Gasteiger partial charge on any atom is 0.381 e. The van der Waals surface area contributed by atoms with Crippen LogP contribution in [-0.2, 0) is 20.9 Å². The van der Waals surface area contributed by atoms with Crippen LogP contribution >= 0.6 is 0 Å². The third-order valence-electron chi connectivity index (χ3n) is 4.28. The van der Waals surface area contributed by atoms with E-state index in [1.165, 1.54) is 6.20 Å². The summed E-state index contributed by atoms with van der Waals surface area (Å²) in [6.45, 7) is 7.38. The maximum absolute atomic E-state index is 12.5. The molecule has 1 unspecified atom stereocenters. The number of aromatic nitrogens is 2. The van der Waals surface area contributed by atoms with Crippen molar-refractivity contribution < 1.29 is 19.2 Å². The van der Waals surface area contributed by atoms with Crippen molar-refractivity contribution >= 4 is 17.7 Å². The van der Waals surface area contributed by atoms with Gasteiger partial charge in [-0.2, -0.15) is 0 Å². The van der Waals surface area contributed by atoms with E-state index in [-0.39, 0.29) is 37.2 Å². The van der Waals surface area contributed by atoms with Gasteiger partial charge in [-0.15, -0.1) is 0 Å². The zero-order valence-electron chi connectivity index (χ0n) is 17.0. The lowest BCUT2D eigenvalue weighted by molar-refractivity contribution is -0.389. The minimum atomic E-state index is -0.572. The van der Waals surface area contributed by atoms with Gasteiger partial charge in [0.1, 0.15) is 6.20 Å². The molecule has 9 heteroatoms. The second kappa shape index (κ2) is 9.81. The van der Waals surface area contributed by atoms with Crippen molar-refractivity contribution in [3.05, 3.63) is 57.5 Å². The monoisotopic (exact) mass is 402 g/mol. The number of hydrogen-bond acceptors (Lipinski definition) is 6. The van der Waals surface area contributed by atoms with Gasteiger partial charge in [0.15, 0.2) is 0 Å². The van der Waals surface area contributed by atoms with E-state index in [4.69, 9.17) is 4.74 Å². The number of imidazole rings is 1. The second-order valence-electron chi connectivity index (χ2n) is 7.12. The van der Waals surface area contributed by atoms with Gasteiger partial charge in [0, 0.05) is 19.9 Å². The van der Waals surface area contributed by atoms with E-state index >= 15 is 0 Å².